The van der Waals surface area contributed by atoms with Crippen molar-refractivity contribution in [2.75, 3.05) is 26.7 Å². The van der Waals surface area contributed by atoms with Gasteiger partial charge in [0.1, 0.15) is 0 Å². The summed E-state index contributed by atoms with van der Waals surface area (Å²) in [6, 6.07) is 8.78. The van der Waals surface area contributed by atoms with Crippen molar-refractivity contribution in [2.24, 2.45) is 5.92 Å². The van der Waals surface area contributed by atoms with E-state index in [4.69, 9.17) is 0 Å². The van der Waals surface area contributed by atoms with E-state index in [2.05, 4.69) is 48.5 Å². The van der Waals surface area contributed by atoms with Gasteiger partial charge in [-0.05, 0) is 45.0 Å². The van der Waals surface area contributed by atoms with Crippen molar-refractivity contribution in [3.8, 4) is 0 Å². The molecule has 1 saturated heterocycles. The molecule has 1 fully saturated rings. The average molecular weight is 218 g/mol. The van der Waals surface area contributed by atoms with Crippen molar-refractivity contribution >= 4 is 0 Å². The van der Waals surface area contributed by atoms with Gasteiger partial charge in [0.05, 0.1) is 0 Å². The molecule has 0 aromatic heterocycles. The van der Waals surface area contributed by atoms with Gasteiger partial charge in [-0.2, -0.15) is 0 Å². The van der Waals surface area contributed by atoms with Crippen LogP contribution in [0.3, 0.4) is 0 Å². The minimum atomic E-state index is 0.843. The SMILES string of the molecule is Cc1ccc(CNCC2CCN(C)C2)cc1. The maximum atomic E-state index is 3.56. The molecule has 1 aliphatic heterocycles. The lowest BCUT2D eigenvalue weighted by Gasteiger charge is -2.11. The molecule has 0 bridgehead atoms. The molecule has 1 aliphatic rings. The van der Waals surface area contributed by atoms with E-state index in [-0.39, 0.29) is 0 Å². The first-order chi connectivity index (χ1) is 7.74. The van der Waals surface area contributed by atoms with Crippen molar-refractivity contribution in [1.29, 1.82) is 0 Å². The second-order valence-corrected chi connectivity index (χ2v) is 5.03. The standard InChI is InChI=1S/C14H22N2/c1-12-3-5-13(6-4-12)9-15-10-14-7-8-16(2)11-14/h3-6,14-15H,7-11H2,1-2H3. The van der Waals surface area contributed by atoms with Crippen molar-refractivity contribution in [1.82, 2.24) is 10.2 Å². The number of hydrogen-bond donors (Lipinski definition) is 1. The van der Waals surface area contributed by atoms with Crippen LogP contribution in [0.25, 0.3) is 0 Å². The quantitative estimate of drug-likeness (QED) is 0.832. The van der Waals surface area contributed by atoms with E-state index >= 15 is 0 Å². The molecule has 1 heterocycles. The Morgan fingerprint density at radius 3 is 2.69 bits per heavy atom. The third-order valence-corrected chi connectivity index (χ3v) is 3.37. The molecule has 0 saturated carbocycles. The van der Waals surface area contributed by atoms with E-state index in [1.54, 1.807) is 0 Å². The van der Waals surface area contributed by atoms with Crippen molar-refractivity contribution < 1.29 is 0 Å². The first-order valence-electron chi connectivity index (χ1n) is 6.19. The van der Waals surface area contributed by atoms with Crippen LogP contribution in [0.2, 0.25) is 0 Å². The maximum Gasteiger partial charge on any atom is 0.0205 e. The number of rotatable bonds is 4. The molecule has 2 heteroatoms. The second kappa shape index (κ2) is 5.46. The van der Waals surface area contributed by atoms with E-state index < -0.39 is 0 Å². The van der Waals surface area contributed by atoms with Crippen LogP contribution in [-0.2, 0) is 6.54 Å². The van der Waals surface area contributed by atoms with Crippen LogP contribution >= 0.6 is 0 Å². The molecule has 16 heavy (non-hydrogen) atoms. The van der Waals surface area contributed by atoms with Gasteiger partial charge in [-0.3, -0.25) is 0 Å². The van der Waals surface area contributed by atoms with Crippen molar-refractivity contribution in [2.45, 2.75) is 19.9 Å². The summed E-state index contributed by atoms with van der Waals surface area (Å²) in [5.74, 6) is 0.843. The number of likely N-dealkylation sites (tertiary alicyclic amines) is 1. The molecule has 1 N–H and O–H groups in total. The molecule has 1 aromatic carbocycles. The van der Waals surface area contributed by atoms with Crippen molar-refractivity contribution in [3.05, 3.63) is 35.4 Å². The van der Waals surface area contributed by atoms with Crippen LogP contribution in [0.4, 0.5) is 0 Å². The zero-order valence-electron chi connectivity index (χ0n) is 10.4. The Kier molecular flexibility index (Phi) is 3.97. The van der Waals surface area contributed by atoms with E-state index in [1.165, 1.54) is 30.6 Å². The summed E-state index contributed by atoms with van der Waals surface area (Å²) in [6.07, 6.45) is 1.34. The normalized spacial score (nSPS) is 21.5. The third-order valence-electron chi connectivity index (χ3n) is 3.37. The Morgan fingerprint density at radius 2 is 2.06 bits per heavy atom. The first-order valence-corrected chi connectivity index (χ1v) is 6.19. The molecular weight excluding hydrogens is 196 g/mol. The van der Waals surface area contributed by atoms with Gasteiger partial charge >= 0.3 is 0 Å². The number of aryl methyl sites for hydroxylation is 1. The average Bonchev–Trinajstić information content (AvgIpc) is 2.67. The fourth-order valence-corrected chi connectivity index (χ4v) is 2.32. The van der Waals surface area contributed by atoms with Gasteiger partial charge in [0.15, 0.2) is 0 Å². The predicted octanol–water partition coefficient (Wildman–Crippen LogP) is 2.04. The molecule has 1 atom stereocenters. The highest BCUT2D eigenvalue weighted by Gasteiger charge is 2.18. The molecule has 2 nitrogen and oxygen atoms in total. The molecule has 0 aliphatic carbocycles. The summed E-state index contributed by atoms with van der Waals surface area (Å²) in [7, 11) is 2.21. The number of nitrogens with one attached hydrogen (secondary N) is 1. The lowest BCUT2D eigenvalue weighted by Crippen LogP contribution is -2.24. The minimum absolute atomic E-state index is 0.843. The minimum Gasteiger partial charge on any atom is -0.312 e. The highest BCUT2D eigenvalue weighted by molar-refractivity contribution is 5.21. The summed E-state index contributed by atoms with van der Waals surface area (Å²) in [5, 5.41) is 3.56. The topological polar surface area (TPSA) is 15.3 Å². The van der Waals surface area contributed by atoms with Crippen molar-refractivity contribution in [3.63, 3.8) is 0 Å². The smallest absolute Gasteiger partial charge is 0.0205 e. The van der Waals surface area contributed by atoms with Gasteiger partial charge in [-0.1, -0.05) is 29.8 Å². The lowest BCUT2D eigenvalue weighted by atomic mass is 10.1. The van der Waals surface area contributed by atoms with E-state index in [1.807, 2.05) is 0 Å². The van der Waals surface area contributed by atoms with Gasteiger partial charge in [-0.25, -0.2) is 0 Å². The van der Waals surface area contributed by atoms with E-state index in [9.17, 15) is 0 Å². The van der Waals surface area contributed by atoms with Crippen LogP contribution in [0.5, 0.6) is 0 Å². The predicted molar refractivity (Wildman–Crippen MR) is 68.5 cm³/mol. The summed E-state index contributed by atoms with van der Waals surface area (Å²) >= 11 is 0. The van der Waals surface area contributed by atoms with Crippen LogP contribution in [0.1, 0.15) is 17.5 Å². The Balaban J connectivity index is 1.70. The Hall–Kier alpha value is -0.860. The van der Waals surface area contributed by atoms with E-state index in [0.717, 1.165) is 19.0 Å². The summed E-state index contributed by atoms with van der Waals surface area (Å²) in [6.45, 7) is 6.79. The molecular formula is C14H22N2. The van der Waals surface area contributed by atoms with Gasteiger partial charge in [-0.15, -0.1) is 0 Å². The number of benzene rings is 1. The molecule has 2 rings (SSSR count). The Labute approximate surface area is 98.7 Å². The second-order valence-electron chi connectivity index (χ2n) is 5.03. The molecule has 0 amide bonds. The highest BCUT2D eigenvalue weighted by Crippen LogP contribution is 2.13. The monoisotopic (exact) mass is 218 g/mol. The van der Waals surface area contributed by atoms with E-state index in [0.29, 0.717) is 0 Å². The van der Waals surface area contributed by atoms with Crippen LogP contribution < -0.4 is 5.32 Å². The fourth-order valence-electron chi connectivity index (χ4n) is 2.32. The van der Waals surface area contributed by atoms with Gasteiger partial charge < -0.3 is 10.2 Å². The number of nitrogens with zero attached hydrogens (tertiary/aromatic N) is 1. The molecule has 0 radical (unpaired) electrons. The van der Waals surface area contributed by atoms with Gasteiger partial charge in [0.25, 0.3) is 0 Å². The molecule has 88 valence electrons. The summed E-state index contributed by atoms with van der Waals surface area (Å²) in [5.41, 5.74) is 2.72. The molecule has 1 aromatic rings. The molecule has 0 spiro atoms. The molecule has 1 unspecified atom stereocenters. The Bertz CT molecular complexity index is 318. The van der Waals surface area contributed by atoms with Gasteiger partial charge in [0.2, 0.25) is 0 Å². The fraction of sp³-hybridized carbons (Fsp3) is 0.571. The summed E-state index contributed by atoms with van der Waals surface area (Å²) < 4.78 is 0. The third kappa shape index (κ3) is 3.32. The highest BCUT2D eigenvalue weighted by atomic mass is 15.1. The maximum absolute atomic E-state index is 3.56. The largest absolute Gasteiger partial charge is 0.312 e. The lowest BCUT2D eigenvalue weighted by molar-refractivity contribution is 0.388. The summed E-state index contributed by atoms with van der Waals surface area (Å²) in [4.78, 5) is 2.41. The number of hydrogen-bond acceptors (Lipinski definition) is 2. The van der Waals surface area contributed by atoms with Crippen LogP contribution in [0, 0.1) is 12.8 Å². The van der Waals surface area contributed by atoms with Crippen LogP contribution in [0.15, 0.2) is 24.3 Å². The van der Waals surface area contributed by atoms with Gasteiger partial charge in [0, 0.05) is 13.1 Å². The Morgan fingerprint density at radius 1 is 1.31 bits per heavy atom. The van der Waals surface area contributed by atoms with Crippen LogP contribution in [-0.4, -0.2) is 31.6 Å². The zero-order valence-corrected chi connectivity index (χ0v) is 10.4. The zero-order chi connectivity index (χ0) is 11.4. The first kappa shape index (κ1) is 11.6.